The number of aromatic nitrogens is 2. The van der Waals surface area contributed by atoms with E-state index in [4.69, 9.17) is 4.74 Å². The first-order chi connectivity index (χ1) is 16.2. The fraction of sp³-hybridized carbons (Fsp3) is 0.250. The number of ether oxygens (including phenoxy) is 2. The van der Waals surface area contributed by atoms with Gasteiger partial charge in [0.25, 0.3) is 5.91 Å². The molecule has 0 atom stereocenters. The van der Waals surface area contributed by atoms with Crippen molar-refractivity contribution in [3.05, 3.63) is 76.6 Å². The van der Waals surface area contributed by atoms with E-state index in [0.717, 1.165) is 29.1 Å². The first-order valence-electron chi connectivity index (χ1n) is 10.3. The number of benzene rings is 2. The lowest BCUT2D eigenvalue weighted by atomic mass is 10.1. The number of esters is 2. The Morgan fingerprint density at radius 2 is 1.74 bits per heavy atom. The van der Waals surface area contributed by atoms with Gasteiger partial charge in [-0.1, -0.05) is 0 Å². The van der Waals surface area contributed by atoms with Crippen LogP contribution < -0.4 is 5.32 Å². The number of anilines is 1. The van der Waals surface area contributed by atoms with Crippen molar-refractivity contribution >= 4 is 23.5 Å². The number of methoxy groups -OCH3 is 1. The van der Waals surface area contributed by atoms with E-state index in [1.54, 1.807) is 16.8 Å². The van der Waals surface area contributed by atoms with Crippen LogP contribution in [0.3, 0.4) is 0 Å². The Morgan fingerprint density at radius 1 is 1.03 bits per heavy atom. The predicted molar refractivity (Wildman–Crippen MR) is 119 cm³/mol. The molecule has 1 aromatic heterocycles. The van der Waals surface area contributed by atoms with Crippen LogP contribution >= 0.6 is 0 Å². The predicted octanol–water partition coefficient (Wildman–Crippen LogP) is 3.67. The lowest BCUT2D eigenvalue weighted by Crippen LogP contribution is -2.21. The fourth-order valence-electron chi connectivity index (χ4n) is 3.34. The second-order valence-corrected chi connectivity index (χ2v) is 7.44. The van der Waals surface area contributed by atoms with Crippen molar-refractivity contribution in [3.8, 4) is 5.69 Å². The molecule has 3 rings (SSSR count). The molecule has 0 fully saturated rings. The molecule has 1 amide bonds. The molecule has 0 aliphatic heterocycles. The minimum absolute atomic E-state index is 0.0418. The molecule has 34 heavy (non-hydrogen) atoms. The molecule has 10 heteroatoms. The first-order valence-corrected chi connectivity index (χ1v) is 10.3. The highest BCUT2D eigenvalue weighted by Crippen LogP contribution is 2.20. The molecule has 0 unspecified atom stereocenters. The molecule has 3 aromatic rings. The number of halogens is 2. The molecule has 8 nitrogen and oxygen atoms in total. The van der Waals surface area contributed by atoms with Gasteiger partial charge in [0.2, 0.25) is 0 Å². The second kappa shape index (κ2) is 10.7. The van der Waals surface area contributed by atoms with Gasteiger partial charge in [-0.15, -0.1) is 0 Å². The number of rotatable bonds is 8. The second-order valence-electron chi connectivity index (χ2n) is 7.44. The molecular formula is C24H23F2N3O5. The smallest absolute Gasteiger partial charge is 0.338 e. The van der Waals surface area contributed by atoms with Crippen LogP contribution in [-0.2, 0) is 25.5 Å². The normalized spacial score (nSPS) is 10.6. The summed E-state index contributed by atoms with van der Waals surface area (Å²) in [5, 5.41) is 6.83. The van der Waals surface area contributed by atoms with Crippen molar-refractivity contribution in [1.82, 2.24) is 9.78 Å². The highest BCUT2D eigenvalue weighted by molar-refractivity contribution is 5.95. The summed E-state index contributed by atoms with van der Waals surface area (Å²) in [5.74, 6) is -3.86. The van der Waals surface area contributed by atoms with Crippen LogP contribution in [0.5, 0.6) is 0 Å². The average Bonchev–Trinajstić information content (AvgIpc) is 3.11. The minimum atomic E-state index is -1.10. The summed E-state index contributed by atoms with van der Waals surface area (Å²) < 4.78 is 37.6. The lowest BCUT2D eigenvalue weighted by molar-refractivity contribution is -0.140. The summed E-state index contributed by atoms with van der Waals surface area (Å²) in [4.78, 5) is 35.6. The number of carbonyl (C=O) groups is 3. The zero-order valence-corrected chi connectivity index (χ0v) is 18.9. The SMILES string of the molecule is COC(=O)CCc1c(C)nn(-c2ccc(C(=O)OCC(=O)Nc3ccc(F)c(F)c3)cc2)c1C. The zero-order valence-electron chi connectivity index (χ0n) is 18.9. The maximum atomic E-state index is 13.2. The maximum absolute atomic E-state index is 13.2. The Balaban J connectivity index is 1.60. The Bertz CT molecular complexity index is 1220. The largest absolute Gasteiger partial charge is 0.469 e. The third-order valence-electron chi connectivity index (χ3n) is 5.13. The molecule has 0 spiro atoms. The highest BCUT2D eigenvalue weighted by Gasteiger charge is 2.16. The number of carbonyl (C=O) groups excluding carboxylic acids is 3. The summed E-state index contributed by atoms with van der Waals surface area (Å²) in [7, 11) is 1.34. The van der Waals surface area contributed by atoms with Crippen LogP contribution in [0, 0.1) is 25.5 Å². The van der Waals surface area contributed by atoms with Crippen molar-refractivity contribution < 1.29 is 32.6 Å². The Hall–Kier alpha value is -4.08. The van der Waals surface area contributed by atoms with Gasteiger partial charge in [-0.3, -0.25) is 9.59 Å². The number of nitrogens with zero attached hydrogens (tertiary/aromatic N) is 2. The van der Waals surface area contributed by atoms with E-state index in [9.17, 15) is 23.2 Å². The summed E-state index contributed by atoms with van der Waals surface area (Å²) in [6.45, 7) is 3.15. The van der Waals surface area contributed by atoms with Crippen LogP contribution in [-0.4, -0.2) is 41.3 Å². The van der Waals surface area contributed by atoms with Crippen molar-refractivity contribution in [3.63, 3.8) is 0 Å². The Kier molecular flexibility index (Phi) is 7.72. The highest BCUT2D eigenvalue weighted by atomic mass is 19.2. The fourth-order valence-corrected chi connectivity index (χ4v) is 3.34. The number of nitrogens with one attached hydrogen (secondary N) is 1. The van der Waals surface area contributed by atoms with Crippen LogP contribution in [0.25, 0.3) is 5.69 Å². The van der Waals surface area contributed by atoms with E-state index in [2.05, 4.69) is 15.2 Å². The molecule has 1 N–H and O–H groups in total. The molecule has 1 heterocycles. The third-order valence-corrected chi connectivity index (χ3v) is 5.13. The molecule has 0 radical (unpaired) electrons. The van der Waals surface area contributed by atoms with Gasteiger partial charge >= 0.3 is 11.9 Å². The van der Waals surface area contributed by atoms with Crippen LogP contribution in [0.2, 0.25) is 0 Å². The number of aryl methyl sites for hydroxylation is 1. The van der Waals surface area contributed by atoms with E-state index in [0.29, 0.717) is 12.1 Å². The topological polar surface area (TPSA) is 99.5 Å². The third kappa shape index (κ3) is 5.83. The maximum Gasteiger partial charge on any atom is 0.338 e. The summed E-state index contributed by atoms with van der Waals surface area (Å²) >= 11 is 0. The van der Waals surface area contributed by atoms with Crippen molar-refractivity contribution in [1.29, 1.82) is 0 Å². The number of hydrogen-bond acceptors (Lipinski definition) is 6. The monoisotopic (exact) mass is 471 g/mol. The molecule has 0 saturated carbocycles. The van der Waals surface area contributed by atoms with Gasteiger partial charge in [0.1, 0.15) is 0 Å². The van der Waals surface area contributed by atoms with Gasteiger partial charge in [0.15, 0.2) is 18.2 Å². The molecular weight excluding hydrogens is 448 g/mol. The first kappa shape index (κ1) is 24.6. The minimum Gasteiger partial charge on any atom is -0.469 e. The Morgan fingerprint density at radius 3 is 2.38 bits per heavy atom. The summed E-state index contributed by atoms with van der Waals surface area (Å²) in [6, 6.07) is 9.34. The standard InChI is InChI=1S/C24H23F2N3O5/c1-14-19(9-11-23(31)33-3)15(2)29(28-14)18-7-4-16(5-8-18)24(32)34-13-22(30)27-17-6-10-20(25)21(26)12-17/h4-8,10,12H,9,11,13H2,1-3H3,(H,27,30). The number of amides is 1. The quantitative estimate of drug-likeness (QED) is 0.504. The van der Waals surface area contributed by atoms with E-state index < -0.39 is 30.1 Å². The van der Waals surface area contributed by atoms with Crippen molar-refractivity contribution in [2.24, 2.45) is 0 Å². The van der Waals surface area contributed by atoms with Gasteiger partial charge in [0.05, 0.1) is 24.1 Å². The van der Waals surface area contributed by atoms with E-state index >= 15 is 0 Å². The molecule has 0 bridgehead atoms. The van der Waals surface area contributed by atoms with E-state index in [1.165, 1.54) is 25.3 Å². The molecule has 2 aromatic carbocycles. The summed E-state index contributed by atoms with van der Waals surface area (Å²) in [6.07, 6.45) is 0.750. The van der Waals surface area contributed by atoms with Gasteiger partial charge in [-0.05, 0) is 62.2 Å². The van der Waals surface area contributed by atoms with Gasteiger partial charge in [0, 0.05) is 23.9 Å². The van der Waals surface area contributed by atoms with Crippen LogP contribution in [0.1, 0.15) is 33.7 Å². The average molecular weight is 471 g/mol. The van der Waals surface area contributed by atoms with Gasteiger partial charge in [-0.2, -0.15) is 5.10 Å². The van der Waals surface area contributed by atoms with E-state index in [1.807, 2.05) is 13.8 Å². The van der Waals surface area contributed by atoms with Crippen LogP contribution in [0.15, 0.2) is 42.5 Å². The van der Waals surface area contributed by atoms with E-state index in [-0.39, 0.29) is 23.6 Å². The van der Waals surface area contributed by atoms with Crippen molar-refractivity contribution in [2.75, 3.05) is 19.0 Å². The molecule has 0 aliphatic carbocycles. The summed E-state index contributed by atoms with van der Waals surface area (Å²) in [5.41, 5.74) is 3.57. The molecule has 0 saturated heterocycles. The molecule has 0 aliphatic rings. The Labute approximate surface area is 194 Å². The van der Waals surface area contributed by atoms with Gasteiger partial charge < -0.3 is 14.8 Å². The van der Waals surface area contributed by atoms with Gasteiger partial charge in [-0.25, -0.2) is 18.3 Å². The van der Waals surface area contributed by atoms with Crippen LogP contribution in [0.4, 0.5) is 14.5 Å². The van der Waals surface area contributed by atoms with Crippen molar-refractivity contribution in [2.45, 2.75) is 26.7 Å². The number of hydrogen-bond donors (Lipinski definition) is 1. The zero-order chi connectivity index (χ0) is 24.8. The molecule has 178 valence electrons. The lowest BCUT2D eigenvalue weighted by Gasteiger charge is -2.08.